The number of rotatable bonds is 9. The van der Waals surface area contributed by atoms with Crippen molar-refractivity contribution in [3.63, 3.8) is 0 Å². The molecule has 0 atom stereocenters. The predicted octanol–water partition coefficient (Wildman–Crippen LogP) is 18.6. The molecule has 314 valence electrons. The Balaban J connectivity index is 1.01. The summed E-state index contributed by atoms with van der Waals surface area (Å²) >= 11 is 0. The number of fused-ring (bicyclic) bond motifs is 3. The maximum atomic E-state index is 2.44. The molecular formula is C66H45N. The van der Waals surface area contributed by atoms with E-state index in [9.17, 15) is 0 Å². The van der Waals surface area contributed by atoms with E-state index in [0.717, 1.165) is 28.2 Å². The van der Waals surface area contributed by atoms with Crippen molar-refractivity contribution in [2.45, 2.75) is 0 Å². The summed E-state index contributed by atoms with van der Waals surface area (Å²) in [4.78, 5) is 2.44. The maximum absolute atomic E-state index is 2.44. The topological polar surface area (TPSA) is 3.24 Å². The smallest absolute Gasteiger partial charge is 0.0546 e. The molecule has 0 aliphatic carbocycles. The lowest BCUT2D eigenvalue weighted by Crippen LogP contribution is -2.11. The number of anilines is 3. The molecule has 0 radical (unpaired) electrons. The molecule has 1 nitrogen and oxygen atoms in total. The van der Waals surface area contributed by atoms with Crippen molar-refractivity contribution >= 4 is 49.4 Å². The monoisotopic (exact) mass is 851 g/mol. The minimum absolute atomic E-state index is 1.07. The van der Waals surface area contributed by atoms with Gasteiger partial charge in [0.05, 0.1) is 5.69 Å². The van der Waals surface area contributed by atoms with E-state index >= 15 is 0 Å². The second kappa shape index (κ2) is 17.3. The third-order valence-corrected chi connectivity index (χ3v) is 13.2. The summed E-state index contributed by atoms with van der Waals surface area (Å²) in [7, 11) is 0. The molecule has 67 heavy (non-hydrogen) atoms. The molecule has 0 saturated heterocycles. The van der Waals surface area contributed by atoms with Gasteiger partial charge in [0.1, 0.15) is 0 Å². The number of hydrogen-bond donors (Lipinski definition) is 0. The molecule has 0 unspecified atom stereocenters. The van der Waals surface area contributed by atoms with Gasteiger partial charge in [-0.25, -0.2) is 0 Å². The van der Waals surface area contributed by atoms with Gasteiger partial charge in [-0.3, -0.25) is 0 Å². The molecule has 0 aliphatic rings. The highest BCUT2D eigenvalue weighted by Crippen LogP contribution is 2.45. The molecule has 0 heterocycles. The highest BCUT2D eigenvalue weighted by molar-refractivity contribution is 5.98. The van der Waals surface area contributed by atoms with Crippen molar-refractivity contribution in [3.8, 4) is 66.8 Å². The minimum Gasteiger partial charge on any atom is -0.310 e. The van der Waals surface area contributed by atoms with Gasteiger partial charge in [-0.05, 0) is 148 Å². The van der Waals surface area contributed by atoms with Gasteiger partial charge in [0.25, 0.3) is 0 Å². The first-order valence-corrected chi connectivity index (χ1v) is 23.1. The highest BCUT2D eigenvalue weighted by atomic mass is 15.1. The van der Waals surface area contributed by atoms with Crippen molar-refractivity contribution in [3.05, 3.63) is 273 Å². The highest BCUT2D eigenvalue weighted by Gasteiger charge is 2.20. The van der Waals surface area contributed by atoms with Crippen LogP contribution in [0.1, 0.15) is 0 Å². The molecule has 0 spiro atoms. The van der Waals surface area contributed by atoms with E-state index in [4.69, 9.17) is 0 Å². The first-order chi connectivity index (χ1) is 33.2. The normalized spacial score (nSPS) is 11.3. The Morgan fingerprint density at radius 1 is 0.194 bits per heavy atom. The van der Waals surface area contributed by atoms with Crippen LogP contribution in [0, 0.1) is 0 Å². The quantitative estimate of drug-likeness (QED) is 0.140. The molecule has 0 N–H and O–H groups in total. The van der Waals surface area contributed by atoms with Crippen LogP contribution < -0.4 is 4.90 Å². The summed E-state index contributed by atoms with van der Waals surface area (Å²) in [5.74, 6) is 0. The van der Waals surface area contributed by atoms with Crippen molar-refractivity contribution in [2.24, 2.45) is 0 Å². The van der Waals surface area contributed by atoms with Crippen LogP contribution in [0.3, 0.4) is 0 Å². The van der Waals surface area contributed by atoms with Gasteiger partial charge in [-0.2, -0.15) is 0 Å². The maximum Gasteiger partial charge on any atom is 0.0546 e. The van der Waals surface area contributed by atoms with Crippen LogP contribution in [0.5, 0.6) is 0 Å². The number of nitrogens with zero attached hydrogens (tertiary/aromatic N) is 1. The van der Waals surface area contributed by atoms with Gasteiger partial charge in [-0.15, -0.1) is 0 Å². The van der Waals surface area contributed by atoms with Gasteiger partial charge in [0.15, 0.2) is 0 Å². The Hall–Kier alpha value is -8.78. The molecule has 0 aromatic heterocycles. The fourth-order valence-corrected chi connectivity index (χ4v) is 9.75. The molecule has 0 bridgehead atoms. The molecule has 1 heteroatoms. The zero-order chi connectivity index (χ0) is 44.5. The largest absolute Gasteiger partial charge is 0.310 e. The average molecular weight is 852 g/mol. The van der Waals surface area contributed by atoms with Crippen molar-refractivity contribution in [1.29, 1.82) is 0 Å². The Morgan fingerprint density at radius 3 is 1.22 bits per heavy atom. The van der Waals surface area contributed by atoms with E-state index in [1.54, 1.807) is 0 Å². The fourth-order valence-electron chi connectivity index (χ4n) is 9.75. The standard InChI is InChI=1S/C66H45N/c1-2-13-46(14-3-1)54-21-10-22-55(41-54)49-31-36-61(37-32-49)67(62-38-33-50(34-39-62)56-23-11-24-59(43-56)64-26-12-20-51-17-8-9-25-63(51)64)66-45-58(57-29-27-47-15-4-6-18-52(47)42-57)35-40-65(66)60-30-28-48-16-5-7-19-53(48)44-60/h1-45H. The Morgan fingerprint density at radius 2 is 0.582 bits per heavy atom. The van der Waals surface area contributed by atoms with E-state index in [1.165, 1.54) is 88.0 Å². The van der Waals surface area contributed by atoms with Gasteiger partial charge in [0.2, 0.25) is 0 Å². The third-order valence-electron chi connectivity index (χ3n) is 13.2. The molecular weight excluding hydrogens is 807 g/mol. The molecule has 12 aromatic carbocycles. The molecule has 12 aromatic rings. The summed E-state index contributed by atoms with van der Waals surface area (Å²) in [6.45, 7) is 0. The summed E-state index contributed by atoms with van der Waals surface area (Å²) in [5.41, 5.74) is 17.5. The Labute approximate surface area is 392 Å². The van der Waals surface area contributed by atoms with Crippen LogP contribution in [0.25, 0.3) is 99.1 Å². The molecule has 0 amide bonds. The van der Waals surface area contributed by atoms with E-state index < -0.39 is 0 Å². The van der Waals surface area contributed by atoms with Gasteiger partial charge >= 0.3 is 0 Å². The summed E-state index contributed by atoms with van der Waals surface area (Å²) < 4.78 is 0. The first-order valence-electron chi connectivity index (χ1n) is 23.1. The number of benzene rings is 12. The van der Waals surface area contributed by atoms with Crippen LogP contribution in [-0.2, 0) is 0 Å². The van der Waals surface area contributed by atoms with Crippen LogP contribution in [0.2, 0.25) is 0 Å². The zero-order valence-electron chi connectivity index (χ0n) is 36.9. The lowest BCUT2D eigenvalue weighted by molar-refractivity contribution is 1.28. The third kappa shape index (κ3) is 7.84. The second-order valence-electron chi connectivity index (χ2n) is 17.3. The SMILES string of the molecule is c1ccc(-c2cccc(-c3ccc(N(c4ccc(-c5cccc(-c6cccc7ccccc67)c5)cc4)c4cc(-c5ccc6ccccc6c5)ccc4-c4ccc5ccccc5c4)cc3)c2)cc1. The molecule has 0 fully saturated rings. The average Bonchev–Trinajstić information content (AvgIpc) is 3.41. The Kier molecular flexibility index (Phi) is 10.3. The first kappa shape index (κ1) is 39.8. The molecule has 0 saturated carbocycles. The summed E-state index contributed by atoms with van der Waals surface area (Å²) in [5, 5.41) is 7.41. The summed E-state index contributed by atoms with van der Waals surface area (Å²) in [6, 6.07) is 99.7. The van der Waals surface area contributed by atoms with Gasteiger partial charge < -0.3 is 4.90 Å². The van der Waals surface area contributed by atoms with Crippen LogP contribution in [-0.4, -0.2) is 0 Å². The fraction of sp³-hybridized carbons (Fsp3) is 0. The van der Waals surface area contributed by atoms with Crippen molar-refractivity contribution in [2.75, 3.05) is 4.90 Å². The van der Waals surface area contributed by atoms with E-state index in [0.29, 0.717) is 0 Å². The summed E-state index contributed by atoms with van der Waals surface area (Å²) in [6.07, 6.45) is 0. The van der Waals surface area contributed by atoms with Gasteiger partial charge in [0, 0.05) is 16.9 Å². The van der Waals surface area contributed by atoms with Crippen LogP contribution in [0.15, 0.2) is 273 Å². The molecule has 0 aliphatic heterocycles. The minimum atomic E-state index is 1.07. The Bertz CT molecular complexity index is 3730. The van der Waals surface area contributed by atoms with Gasteiger partial charge in [-0.1, -0.05) is 218 Å². The predicted molar refractivity (Wildman–Crippen MR) is 286 cm³/mol. The van der Waals surface area contributed by atoms with Crippen molar-refractivity contribution < 1.29 is 0 Å². The van der Waals surface area contributed by atoms with E-state index in [2.05, 4.69) is 278 Å². The van der Waals surface area contributed by atoms with E-state index in [1.807, 2.05) is 0 Å². The number of hydrogen-bond acceptors (Lipinski definition) is 1. The zero-order valence-corrected chi connectivity index (χ0v) is 36.9. The lowest BCUT2D eigenvalue weighted by atomic mass is 9.94. The molecule has 12 rings (SSSR count). The van der Waals surface area contributed by atoms with E-state index in [-0.39, 0.29) is 0 Å². The van der Waals surface area contributed by atoms with Crippen molar-refractivity contribution in [1.82, 2.24) is 0 Å². The van der Waals surface area contributed by atoms with Crippen LogP contribution >= 0.6 is 0 Å². The lowest BCUT2D eigenvalue weighted by Gasteiger charge is -2.29. The second-order valence-corrected chi connectivity index (χ2v) is 17.3. The van der Waals surface area contributed by atoms with Crippen LogP contribution in [0.4, 0.5) is 17.1 Å².